The molecule has 2 N–H and O–H groups in total. The summed E-state index contributed by atoms with van der Waals surface area (Å²) in [6.45, 7) is 0. The minimum absolute atomic E-state index is 0.0969. The quantitative estimate of drug-likeness (QED) is 0.873. The summed E-state index contributed by atoms with van der Waals surface area (Å²) >= 11 is 0.913. The van der Waals surface area contributed by atoms with Gasteiger partial charge in [-0.25, -0.2) is 17.9 Å². The minimum Gasteiger partial charge on any atom is -0.288 e. The highest BCUT2D eigenvalue weighted by Crippen LogP contribution is 2.22. The van der Waals surface area contributed by atoms with Crippen LogP contribution in [0.2, 0.25) is 0 Å². The van der Waals surface area contributed by atoms with Gasteiger partial charge in [-0.3, -0.25) is 4.79 Å². The number of thiophene rings is 1. The maximum atomic E-state index is 13.4. The number of hydrogen-bond donors (Lipinski definition) is 1. The number of sulfonamides is 1. The average molecular weight is 285 g/mol. The summed E-state index contributed by atoms with van der Waals surface area (Å²) < 4.78 is 35.5. The molecule has 0 atom stereocenters. The van der Waals surface area contributed by atoms with Crippen LogP contribution in [0, 0.1) is 5.82 Å². The summed E-state index contributed by atoms with van der Waals surface area (Å²) in [5, 5.41) is 6.19. The van der Waals surface area contributed by atoms with Crippen molar-refractivity contribution in [2.75, 3.05) is 0 Å². The lowest BCUT2D eigenvalue weighted by molar-refractivity contribution is 0.103. The molecule has 7 heteroatoms. The molecule has 0 radical (unpaired) electrons. The first-order valence-corrected chi connectivity index (χ1v) is 7.23. The van der Waals surface area contributed by atoms with Gasteiger partial charge in [0.25, 0.3) is 0 Å². The summed E-state index contributed by atoms with van der Waals surface area (Å²) in [7, 11) is -3.84. The van der Waals surface area contributed by atoms with Crippen LogP contribution in [-0.4, -0.2) is 14.2 Å². The van der Waals surface area contributed by atoms with Crippen LogP contribution in [0.3, 0.4) is 0 Å². The van der Waals surface area contributed by atoms with E-state index in [1.165, 1.54) is 29.6 Å². The molecule has 94 valence electrons. The Hall–Kier alpha value is -1.57. The Morgan fingerprint density at radius 1 is 1.28 bits per heavy atom. The van der Waals surface area contributed by atoms with Crippen LogP contribution in [0.1, 0.15) is 15.2 Å². The smallest absolute Gasteiger partial charge is 0.238 e. The Morgan fingerprint density at radius 2 is 1.94 bits per heavy atom. The van der Waals surface area contributed by atoms with E-state index in [2.05, 4.69) is 0 Å². The van der Waals surface area contributed by atoms with Crippen molar-refractivity contribution in [2.45, 2.75) is 4.90 Å². The van der Waals surface area contributed by atoms with E-state index in [1.54, 1.807) is 0 Å². The highest BCUT2D eigenvalue weighted by Gasteiger charge is 2.18. The molecule has 2 aromatic rings. The molecule has 0 aliphatic heterocycles. The van der Waals surface area contributed by atoms with Crippen molar-refractivity contribution in [1.82, 2.24) is 0 Å². The summed E-state index contributed by atoms with van der Waals surface area (Å²) in [5.41, 5.74) is -0.0969. The van der Waals surface area contributed by atoms with Crippen molar-refractivity contribution in [3.05, 3.63) is 52.0 Å². The van der Waals surface area contributed by atoms with E-state index in [1.807, 2.05) is 0 Å². The minimum atomic E-state index is -3.84. The lowest BCUT2D eigenvalue weighted by Gasteiger charge is -1.98. The number of ketones is 1. The molecule has 0 aliphatic carbocycles. The van der Waals surface area contributed by atoms with E-state index in [0.29, 0.717) is 0 Å². The topological polar surface area (TPSA) is 77.2 Å². The van der Waals surface area contributed by atoms with Crippen LogP contribution in [0.15, 0.2) is 40.6 Å². The number of primary sulfonamides is 1. The second-order valence-electron chi connectivity index (χ2n) is 3.50. The molecule has 18 heavy (non-hydrogen) atoms. The molecule has 1 aromatic carbocycles. The number of carbonyl (C=O) groups is 1. The van der Waals surface area contributed by atoms with Crippen molar-refractivity contribution < 1.29 is 17.6 Å². The summed E-state index contributed by atoms with van der Waals surface area (Å²) in [6, 6.07) is 6.66. The molecule has 0 fully saturated rings. The lowest BCUT2D eigenvalue weighted by atomic mass is 10.1. The summed E-state index contributed by atoms with van der Waals surface area (Å²) in [6.07, 6.45) is 0. The van der Waals surface area contributed by atoms with Crippen molar-refractivity contribution in [3.63, 3.8) is 0 Å². The van der Waals surface area contributed by atoms with Crippen LogP contribution in [0.4, 0.5) is 4.39 Å². The molecule has 0 bridgehead atoms. The van der Waals surface area contributed by atoms with Gasteiger partial charge in [-0.2, -0.15) is 0 Å². The summed E-state index contributed by atoms with van der Waals surface area (Å²) in [5.74, 6) is -1.21. The number of halogens is 1. The van der Waals surface area contributed by atoms with Crippen LogP contribution in [-0.2, 0) is 10.0 Å². The molecule has 0 unspecified atom stereocenters. The van der Waals surface area contributed by atoms with Gasteiger partial charge in [-0.15, -0.1) is 11.3 Å². The Kier molecular flexibility index (Phi) is 3.29. The molecule has 1 heterocycles. The highest BCUT2D eigenvalue weighted by atomic mass is 32.2. The predicted octanol–water partition coefficient (Wildman–Crippen LogP) is 1.77. The van der Waals surface area contributed by atoms with Gasteiger partial charge >= 0.3 is 0 Å². The van der Waals surface area contributed by atoms with Crippen LogP contribution >= 0.6 is 11.3 Å². The van der Waals surface area contributed by atoms with Gasteiger partial charge in [0.15, 0.2) is 0 Å². The van der Waals surface area contributed by atoms with Gasteiger partial charge in [0.1, 0.15) is 5.82 Å². The maximum absolute atomic E-state index is 13.4. The van der Waals surface area contributed by atoms with Gasteiger partial charge in [0.05, 0.1) is 15.3 Å². The van der Waals surface area contributed by atoms with Crippen molar-refractivity contribution in [2.24, 2.45) is 5.14 Å². The molecule has 0 amide bonds. The van der Waals surface area contributed by atoms with Gasteiger partial charge in [-0.1, -0.05) is 12.1 Å². The van der Waals surface area contributed by atoms with E-state index in [-0.39, 0.29) is 15.3 Å². The number of benzene rings is 1. The largest absolute Gasteiger partial charge is 0.288 e. The SMILES string of the molecule is NS(=O)(=O)c1csc(C(=O)c2ccccc2F)c1. The molecule has 0 saturated heterocycles. The van der Waals surface area contributed by atoms with Crippen LogP contribution in [0.25, 0.3) is 0 Å². The molecule has 0 saturated carbocycles. The fourth-order valence-corrected chi connectivity index (χ4v) is 3.13. The van der Waals surface area contributed by atoms with Crippen molar-refractivity contribution in [1.29, 1.82) is 0 Å². The van der Waals surface area contributed by atoms with E-state index >= 15 is 0 Å². The van der Waals surface area contributed by atoms with Gasteiger partial charge < -0.3 is 0 Å². The second-order valence-corrected chi connectivity index (χ2v) is 5.97. The van der Waals surface area contributed by atoms with Gasteiger partial charge in [-0.05, 0) is 18.2 Å². The Labute approximate surface area is 107 Å². The van der Waals surface area contributed by atoms with E-state index in [0.717, 1.165) is 17.4 Å². The third-order valence-electron chi connectivity index (χ3n) is 2.25. The third-order valence-corrected chi connectivity index (χ3v) is 4.22. The zero-order valence-corrected chi connectivity index (χ0v) is 10.6. The van der Waals surface area contributed by atoms with Crippen LogP contribution < -0.4 is 5.14 Å². The Balaban J connectivity index is 2.42. The first kappa shape index (κ1) is 12.9. The molecular weight excluding hydrogens is 277 g/mol. The zero-order chi connectivity index (χ0) is 13.3. The first-order valence-electron chi connectivity index (χ1n) is 4.80. The molecule has 0 spiro atoms. The van der Waals surface area contributed by atoms with E-state index in [4.69, 9.17) is 5.14 Å². The Morgan fingerprint density at radius 3 is 2.50 bits per heavy atom. The van der Waals surface area contributed by atoms with Crippen LogP contribution in [0.5, 0.6) is 0 Å². The number of carbonyl (C=O) groups excluding carboxylic acids is 1. The van der Waals surface area contributed by atoms with Gasteiger partial charge in [0.2, 0.25) is 15.8 Å². The van der Waals surface area contributed by atoms with Crippen molar-refractivity contribution in [3.8, 4) is 0 Å². The van der Waals surface area contributed by atoms with E-state index in [9.17, 15) is 17.6 Å². The monoisotopic (exact) mass is 285 g/mol. The average Bonchev–Trinajstić information content (AvgIpc) is 2.77. The maximum Gasteiger partial charge on any atom is 0.238 e. The van der Waals surface area contributed by atoms with Gasteiger partial charge in [0, 0.05) is 5.38 Å². The zero-order valence-electron chi connectivity index (χ0n) is 8.96. The molecule has 0 aliphatic rings. The molecule has 1 aromatic heterocycles. The predicted molar refractivity (Wildman–Crippen MR) is 65.5 cm³/mol. The molecule has 2 rings (SSSR count). The summed E-state index contributed by atoms with van der Waals surface area (Å²) in [4.78, 5) is 11.9. The second kappa shape index (κ2) is 4.60. The number of nitrogens with two attached hydrogens (primary N) is 1. The standard InChI is InChI=1S/C11H8FNO3S2/c12-9-4-2-1-3-8(9)11(14)10-5-7(6-17-10)18(13,15)16/h1-6H,(H2,13,15,16). The van der Waals surface area contributed by atoms with E-state index < -0.39 is 21.6 Å². The fourth-order valence-electron chi connectivity index (χ4n) is 1.37. The number of rotatable bonds is 3. The lowest BCUT2D eigenvalue weighted by Crippen LogP contribution is -2.11. The molecule has 4 nitrogen and oxygen atoms in total. The fraction of sp³-hybridized carbons (Fsp3) is 0. The molecular formula is C11H8FNO3S2. The third kappa shape index (κ3) is 2.47. The normalized spacial score (nSPS) is 11.4. The Bertz CT molecular complexity index is 707. The van der Waals surface area contributed by atoms with Crippen molar-refractivity contribution >= 4 is 27.1 Å². The number of hydrogen-bond acceptors (Lipinski definition) is 4. The first-order chi connectivity index (χ1) is 8.39. The highest BCUT2D eigenvalue weighted by molar-refractivity contribution is 7.89.